The Morgan fingerprint density at radius 2 is 1.88 bits per heavy atom. The molecule has 0 aliphatic heterocycles. The first kappa shape index (κ1) is 11.3. The highest BCUT2D eigenvalue weighted by atomic mass is 19.1. The molecule has 0 aliphatic rings. The van der Waals surface area contributed by atoms with Crippen LogP contribution in [0.3, 0.4) is 0 Å². The number of hydrogen-bond donors (Lipinski definition) is 1. The van der Waals surface area contributed by atoms with Gasteiger partial charge in [-0.3, -0.25) is 0 Å². The molecule has 0 spiro atoms. The highest BCUT2D eigenvalue weighted by molar-refractivity contribution is 5.60. The largest absolute Gasteiger partial charge is 0.494 e. The average Bonchev–Trinajstić information content (AvgIpc) is 2.32. The maximum Gasteiger partial charge on any atom is 0.214 e. The molecule has 1 aromatic carbocycles. The van der Waals surface area contributed by atoms with Gasteiger partial charge in [-0.15, -0.1) is 0 Å². The molecule has 0 radical (unpaired) electrons. The van der Waals surface area contributed by atoms with Crippen molar-refractivity contribution in [1.29, 1.82) is 0 Å². The van der Waals surface area contributed by atoms with Gasteiger partial charge in [0.15, 0.2) is 11.6 Å². The molecule has 0 atom stereocenters. The lowest BCUT2D eigenvalue weighted by atomic mass is 10.2. The second kappa shape index (κ2) is 4.78. The summed E-state index contributed by atoms with van der Waals surface area (Å²) in [4.78, 5) is 3.44. The van der Waals surface area contributed by atoms with Gasteiger partial charge in [-0.2, -0.15) is 4.39 Å². The summed E-state index contributed by atoms with van der Waals surface area (Å²) in [5, 5.41) is 2.92. The van der Waals surface area contributed by atoms with E-state index >= 15 is 0 Å². The van der Waals surface area contributed by atoms with Crippen molar-refractivity contribution >= 4 is 11.4 Å². The third-order valence-corrected chi connectivity index (χ3v) is 2.17. The Labute approximate surface area is 97.1 Å². The maximum absolute atomic E-state index is 13.2. The second-order valence-corrected chi connectivity index (χ2v) is 3.34. The summed E-state index contributed by atoms with van der Waals surface area (Å²) in [6.45, 7) is 0. The number of anilines is 2. The summed E-state index contributed by atoms with van der Waals surface area (Å²) in [7, 11) is 1.38. The van der Waals surface area contributed by atoms with Gasteiger partial charge < -0.3 is 10.1 Å². The van der Waals surface area contributed by atoms with Crippen LogP contribution in [0.1, 0.15) is 0 Å². The van der Waals surface area contributed by atoms with Gasteiger partial charge in [0.2, 0.25) is 5.95 Å². The summed E-state index contributed by atoms with van der Waals surface area (Å²) in [5.74, 6) is -0.896. The van der Waals surface area contributed by atoms with E-state index in [1.165, 1.54) is 37.6 Å². The topological polar surface area (TPSA) is 34.1 Å². The molecule has 0 fully saturated rings. The third kappa shape index (κ3) is 2.69. The monoisotopic (exact) mass is 236 g/mol. The molecule has 5 heteroatoms. The van der Waals surface area contributed by atoms with Crippen molar-refractivity contribution in [3.63, 3.8) is 0 Å². The normalized spacial score (nSPS) is 10.1. The van der Waals surface area contributed by atoms with E-state index in [9.17, 15) is 8.78 Å². The Balaban J connectivity index is 2.24. The predicted molar refractivity (Wildman–Crippen MR) is 60.4 cm³/mol. The van der Waals surface area contributed by atoms with E-state index in [0.717, 1.165) is 0 Å². The number of pyridine rings is 1. The number of rotatable bonds is 3. The zero-order valence-corrected chi connectivity index (χ0v) is 9.08. The van der Waals surface area contributed by atoms with Crippen LogP contribution in [0.5, 0.6) is 5.75 Å². The Morgan fingerprint density at radius 1 is 1.12 bits per heavy atom. The molecule has 0 aliphatic carbocycles. The SMILES string of the molecule is COc1cc(Nc2ccnc(F)c2)ccc1F. The lowest BCUT2D eigenvalue weighted by Gasteiger charge is -2.08. The summed E-state index contributed by atoms with van der Waals surface area (Å²) in [6, 6.07) is 7.16. The molecule has 1 heterocycles. The van der Waals surface area contributed by atoms with Crippen molar-refractivity contribution in [1.82, 2.24) is 4.98 Å². The minimum atomic E-state index is -0.580. The van der Waals surface area contributed by atoms with Crippen LogP contribution in [0, 0.1) is 11.8 Å². The summed E-state index contributed by atoms with van der Waals surface area (Å²) in [5.41, 5.74) is 1.14. The van der Waals surface area contributed by atoms with Crippen molar-refractivity contribution in [2.45, 2.75) is 0 Å². The first-order valence-corrected chi connectivity index (χ1v) is 4.91. The number of benzene rings is 1. The quantitative estimate of drug-likeness (QED) is 0.831. The van der Waals surface area contributed by atoms with Crippen molar-refractivity contribution in [3.05, 3.63) is 48.3 Å². The van der Waals surface area contributed by atoms with E-state index in [4.69, 9.17) is 4.74 Å². The maximum atomic E-state index is 13.2. The number of methoxy groups -OCH3 is 1. The summed E-state index contributed by atoms with van der Waals surface area (Å²) >= 11 is 0. The molecule has 0 amide bonds. The number of halogens is 2. The fourth-order valence-electron chi connectivity index (χ4n) is 1.38. The van der Waals surface area contributed by atoms with E-state index in [2.05, 4.69) is 10.3 Å². The first-order chi connectivity index (χ1) is 8.19. The molecule has 2 rings (SSSR count). The van der Waals surface area contributed by atoms with Gasteiger partial charge >= 0.3 is 0 Å². The minimum absolute atomic E-state index is 0.129. The van der Waals surface area contributed by atoms with Gasteiger partial charge in [0.1, 0.15) is 0 Å². The number of aromatic nitrogens is 1. The summed E-state index contributed by atoms with van der Waals surface area (Å²) in [6.07, 6.45) is 1.35. The zero-order valence-electron chi connectivity index (χ0n) is 9.08. The van der Waals surface area contributed by atoms with Crippen molar-refractivity contribution in [2.75, 3.05) is 12.4 Å². The Bertz CT molecular complexity index is 532. The number of hydrogen-bond acceptors (Lipinski definition) is 3. The Hall–Kier alpha value is -2.17. The fourth-order valence-corrected chi connectivity index (χ4v) is 1.38. The zero-order chi connectivity index (χ0) is 12.3. The van der Waals surface area contributed by atoms with Crippen LogP contribution in [-0.2, 0) is 0 Å². The second-order valence-electron chi connectivity index (χ2n) is 3.34. The van der Waals surface area contributed by atoms with Crippen LogP contribution >= 0.6 is 0 Å². The predicted octanol–water partition coefficient (Wildman–Crippen LogP) is 3.11. The lowest BCUT2D eigenvalue weighted by molar-refractivity contribution is 0.387. The van der Waals surface area contributed by atoms with Gasteiger partial charge in [0.05, 0.1) is 7.11 Å². The molecular formula is C12H10F2N2O. The van der Waals surface area contributed by atoms with Crippen LogP contribution in [0.2, 0.25) is 0 Å². The van der Waals surface area contributed by atoms with E-state index in [0.29, 0.717) is 11.4 Å². The fraction of sp³-hybridized carbons (Fsp3) is 0.0833. The highest BCUT2D eigenvalue weighted by Crippen LogP contribution is 2.24. The molecule has 3 nitrogen and oxygen atoms in total. The third-order valence-electron chi connectivity index (χ3n) is 2.17. The van der Waals surface area contributed by atoms with Crippen LogP contribution in [-0.4, -0.2) is 12.1 Å². The van der Waals surface area contributed by atoms with E-state index < -0.39 is 11.8 Å². The molecule has 0 bridgehead atoms. The Kier molecular flexibility index (Phi) is 3.18. The van der Waals surface area contributed by atoms with E-state index in [1.807, 2.05) is 0 Å². The molecule has 17 heavy (non-hydrogen) atoms. The van der Waals surface area contributed by atoms with Crippen LogP contribution in [0.4, 0.5) is 20.2 Å². The van der Waals surface area contributed by atoms with Crippen LogP contribution in [0.15, 0.2) is 36.5 Å². The lowest BCUT2D eigenvalue weighted by Crippen LogP contribution is -1.94. The molecule has 0 saturated carbocycles. The van der Waals surface area contributed by atoms with Crippen LogP contribution in [0.25, 0.3) is 0 Å². The van der Waals surface area contributed by atoms with Crippen molar-refractivity contribution in [3.8, 4) is 5.75 Å². The van der Waals surface area contributed by atoms with Gasteiger partial charge in [0, 0.05) is 29.7 Å². The van der Waals surface area contributed by atoms with Gasteiger partial charge in [-0.25, -0.2) is 9.37 Å². The molecule has 0 saturated heterocycles. The van der Waals surface area contributed by atoms with Crippen LogP contribution < -0.4 is 10.1 Å². The van der Waals surface area contributed by atoms with Gasteiger partial charge in [-0.1, -0.05) is 0 Å². The molecule has 0 unspecified atom stereocenters. The van der Waals surface area contributed by atoms with Gasteiger partial charge in [0.25, 0.3) is 0 Å². The van der Waals surface area contributed by atoms with Gasteiger partial charge in [-0.05, 0) is 18.2 Å². The molecule has 1 aromatic heterocycles. The Morgan fingerprint density at radius 3 is 2.59 bits per heavy atom. The average molecular weight is 236 g/mol. The molecule has 2 aromatic rings. The van der Waals surface area contributed by atoms with E-state index in [-0.39, 0.29) is 5.75 Å². The highest BCUT2D eigenvalue weighted by Gasteiger charge is 2.04. The smallest absolute Gasteiger partial charge is 0.214 e. The molecule has 88 valence electrons. The molecule has 1 N–H and O–H groups in total. The number of nitrogens with zero attached hydrogens (tertiary/aromatic N) is 1. The molecular weight excluding hydrogens is 226 g/mol. The summed E-state index contributed by atoms with van der Waals surface area (Å²) < 4.78 is 30.8. The van der Waals surface area contributed by atoms with Crippen molar-refractivity contribution < 1.29 is 13.5 Å². The van der Waals surface area contributed by atoms with Crippen molar-refractivity contribution in [2.24, 2.45) is 0 Å². The number of nitrogens with one attached hydrogen (secondary N) is 1. The standard InChI is InChI=1S/C12H10F2N2O/c1-17-11-6-8(2-3-10(11)13)16-9-4-5-15-12(14)7-9/h2-7H,1H3,(H,15,16). The van der Waals surface area contributed by atoms with E-state index in [1.54, 1.807) is 6.07 Å². The number of ether oxygens (including phenoxy) is 1. The minimum Gasteiger partial charge on any atom is -0.494 e. The first-order valence-electron chi connectivity index (χ1n) is 4.91.